The van der Waals surface area contributed by atoms with Crippen molar-refractivity contribution >= 4 is 12.4 Å². The molecule has 4 heteroatoms. The lowest BCUT2D eigenvalue weighted by Crippen LogP contribution is -2.29. The van der Waals surface area contributed by atoms with Gasteiger partial charge in [-0.2, -0.15) is 0 Å². The van der Waals surface area contributed by atoms with Crippen molar-refractivity contribution in [1.82, 2.24) is 5.32 Å². The molecule has 1 rings (SSSR count). The van der Waals surface area contributed by atoms with Crippen LogP contribution in [0.1, 0.15) is 18.5 Å². The van der Waals surface area contributed by atoms with E-state index in [9.17, 15) is 9.59 Å². The Morgan fingerprint density at radius 1 is 1.47 bits per heavy atom. The molecule has 0 aliphatic heterocycles. The van der Waals surface area contributed by atoms with E-state index in [4.69, 9.17) is 0 Å². The normalized spacial score (nSPS) is 11.5. The lowest BCUT2D eigenvalue weighted by Gasteiger charge is -2.11. The van der Waals surface area contributed by atoms with E-state index in [0.717, 1.165) is 0 Å². The van der Waals surface area contributed by atoms with Crippen molar-refractivity contribution in [3.63, 3.8) is 0 Å². The molecule has 0 aliphatic rings. The van der Waals surface area contributed by atoms with E-state index in [0.29, 0.717) is 5.56 Å². The first kappa shape index (κ1) is 11.2. The number of carbonyl (C=O) groups is 1. The number of ether oxygens (including phenoxy) is 1. The largest absolute Gasteiger partial charge is 0.450 e. The van der Waals surface area contributed by atoms with Gasteiger partial charge in [0.1, 0.15) is 6.04 Å². The van der Waals surface area contributed by atoms with Gasteiger partial charge in [0, 0.05) is 0 Å². The van der Waals surface area contributed by atoms with Gasteiger partial charge in [-0.15, -0.1) is 0 Å². The van der Waals surface area contributed by atoms with E-state index in [1.54, 1.807) is 37.5 Å². The molecule has 1 unspecified atom stereocenters. The van der Waals surface area contributed by atoms with Gasteiger partial charge in [-0.3, -0.25) is 4.79 Å². The molecule has 1 N–H and O–H groups in total. The maximum Gasteiger partial charge on any atom is 0.407 e. The van der Waals surface area contributed by atoms with Gasteiger partial charge in [0.05, 0.1) is 6.61 Å². The minimum atomic E-state index is -0.773. The molecular weight excluding hydrogens is 194 g/mol. The lowest BCUT2D eigenvalue weighted by atomic mass is 10.1. The Labute approximate surface area is 88.2 Å². The average Bonchev–Trinajstić information content (AvgIpc) is 2.27. The van der Waals surface area contributed by atoms with Crippen LogP contribution in [0.15, 0.2) is 30.3 Å². The fourth-order valence-electron chi connectivity index (χ4n) is 1.12. The van der Waals surface area contributed by atoms with Gasteiger partial charge in [-0.05, 0) is 12.5 Å². The molecule has 0 heterocycles. The third kappa shape index (κ3) is 3.42. The summed E-state index contributed by atoms with van der Waals surface area (Å²) >= 11 is 0. The van der Waals surface area contributed by atoms with Crippen LogP contribution in [0.25, 0.3) is 0 Å². The van der Waals surface area contributed by atoms with Crippen LogP contribution in [0.4, 0.5) is 4.79 Å². The molecule has 0 saturated heterocycles. The molecule has 1 atom stereocenters. The zero-order valence-electron chi connectivity index (χ0n) is 8.40. The van der Waals surface area contributed by atoms with Gasteiger partial charge < -0.3 is 10.1 Å². The van der Waals surface area contributed by atoms with E-state index in [1.807, 2.05) is 6.07 Å². The molecule has 79 valence electrons. The Morgan fingerprint density at radius 2 is 2.13 bits per heavy atom. The molecule has 0 aliphatic carbocycles. The third-order valence-electron chi connectivity index (χ3n) is 1.79. The van der Waals surface area contributed by atoms with Crippen molar-refractivity contribution < 1.29 is 14.3 Å². The maximum atomic E-state index is 11.1. The molecule has 0 spiro atoms. The molecule has 1 radical (unpaired) electrons. The van der Waals surface area contributed by atoms with Gasteiger partial charge in [-0.25, -0.2) is 4.79 Å². The molecule has 1 aromatic rings. The van der Waals surface area contributed by atoms with Crippen molar-refractivity contribution in [2.45, 2.75) is 13.0 Å². The van der Waals surface area contributed by atoms with Crippen LogP contribution in [0, 0.1) is 0 Å². The Balaban J connectivity index is 2.65. The molecule has 0 saturated carbocycles. The second kappa shape index (κ2) is 5.80. The van der Waals surface area contributed by atoms with Gasteiger partial charge in [0.25, 0.3) is 0 Å². The fourth-order valence-corrected chi connectivity index (χ4v) is 1.12. The Bertz CT molecular complexity index is 324. The third-order valence-corrected chi connectivity index (χ3v) is 1.79. The van der Waals surface area contributed by atoms with Crippen LogP contribution < -0.4 is 5.32 Å². The standard InChI is InChI=1S/C11H12NO3/c1-2-15-11(14)12-10(8-13)9-6-4-3-5-7-9/h3-7,10H,2H2,1H3,(H,12,14). The van der Waals surface area contributed by atoms with Gasteiger partial charge in [0.2, 0.25) is 6.29 Å². The van der Waals surface area contributed by atoms with Crippen LogP contribution in [0.2, 0.25) is 0 Å². The van der Waals surface area contributed by atoms with Crippen molar-refractivity contribution in [3.05, 3.63) is 35.9 Å². The monoisotopic (exact) mass is 206 g/mol. The highest BCUT2D eigenvalue weighted by atomic mass is 16.5. The number of hydrogen-bond donors (Lipinski definition) is 1. The number of carbonyl (C=O) groups excluding carboxylic acids is 2. The van der Waals surface area contributed by atoms with E-state index >= 15 is 0 Å². The van der Waals surface area contributed by atoms with Gasteiger partial charge in [0.15, 0.2) is 0 Å². The van der Waals surface area contributed by atoms with Crippen LogP contribution in [-0.2, 0) is 9.53 Å². The predicted octanol–water partition coefficient (Wildman–Crippen LogP) is 1.58. The Morgan fingerprint density at radius 3 is 2.67 bits per heavy atom. The molecule has 1 amide bonds. The summed E-state index contributed by atoms with van der Waals surface area (Å²) in [6.07, 6.45) is 1.13. The Hall–Kier alpha value is -1.84. The van der Waals surface area contributed by atoms with Crippen molar-refractivity contribution in [2.24, 2.45) is 0 Å². The summed E-state index contributed by atoms with van der Waals surface area (Å²) < 4.78 is 4.67. The van der Waals surface area contributed by atoms with Crippen LogP contribution >= 0.6 is 0 Å². The summed E-state index contributed by atoms with van der Waals surface area (Å²) in [6.45, 7) is 1.97. The Kier molecular flexibility index (Phi) is 4.34. The van der Waals surface area contributed by atoms with Gasteiger partial charge in [-0.1, -0.05) is 30.3 Å². The van der Waals surface area contributed by atoms with Crippen molar-refractivity contribution in [1.29, 1.82) is 0 Å². The highest BCUT2D eigenvalue weighted by Crippen LogP contribution is 2.09. The average molecular weight is 206 g/mol. The SMILES string of the molecule is CCOC(=O)NC([C]=O)c1ccccc1. The lowest BCUT2D eigenvalue weighted by molar-refractivity contribution is 0.150. The second-order valence-corrected chi connectivity index (χ2v) is 2.83. The highest BCUT2D eigenvalue weighted by Gasteiger charge is 2.14. The molecule has 15 heavy (non-hydrogen) atoms. The molecule has 1 aromatic carbocycles. The first-order valence-corrected chi connectivity index (χ1v) is 4.63. The minimum absolute atomic E-state index is 0.270. The summed E-state index contributed by atoms with van der Waals surface area (Å²) in [4.78, 5) is 21.7. The first-order valence-electron chi connectivity index (χ1n) is 4.63. The maximum absolute atomic E-state index is 11.1. The summed E-state index contributed by atoms with van der Waals surface area (Å²) in [7, 11) is 0. The number of amides is 1. The number of hydrogen-bond acceptors (Lipinski definition) is 3. The van der Waals surface area contributed by atoms with E-state index in [-0.39, 0.29) is 6.61 Å². The number of alkyl carbamates (subject to hydrolysis) is 1. The van der Waals surface area contributed by atoms with E-state index in [1.165, 1.54) is 0 Å². The fraction of sp³-hybridized carbons (Fsp3) is 0.273. The zero-order chi connectivity index (χ0) is 11.1. The summed E-state index contributed by atoms with van der Waals surface area (Å²) in [6, 6.07) is 8.10. The van der Waals surface area contributed by atoms with Crippen LogP contribution in [-0.4, -0.2) is 19.0 Å². The minimum Gasteiger partial charge on any atom is -0.450 e. The first-order chi connectivity index (χ1) is 7.27. The molecule has 0 fully saturated rings. The zero-order valence-corrected chi connectivity index (χ0v) is 8.40. The predicted molar refractivity (Wildman–Crippen MR) is 55.0 cm³/mol. The quantitative estimate of drug-likeness (QED) is 0.813. The number of nitrogens with one attached hydrogen (secondary N) is 1. The second-order valence-electron chi connectivity index (χ2n) is 2.83. The van der Waals surface area contributed by atoms with E-state index in [2.05, 4.69) is 10.1 Å². The van der Waals surface area contributed by atoms with E-state index < -0.39 is 12.1 Å². The summed E-state index contributed by atoms with van der Waals surface area (Å²) in [5, 5.41) is 2.40. The summed E-state index contributed by atoms with van der Waals surface area (Å²) in [5.41, 5.74) is 0.681. The molecule has 0 bridgehead atoms. The smallest absolute Gasteiger partial charge is 0.407 e. The van der Waals surface area contributed by atoms with Gasteiger partial charge >= 0.3 is 6.09 Å². The highest BCUT2D eigenvalue weighted by molar-refractivity contribution is 5.74. The van der Waals surface area contributed by atoms with Crippen LogP contribution in [0.3, 0.4) is 0 Å². The van der Waals surface area contributed by atoms with Crippen LogP contribution in [0.5, 0.6) is 0 Å². The summed E-state index contributed by atoms with van der Waals surface area (Å²) in [5.74, 6) is 0. The topological polar surface area (TPSA) is 55.4 Å². The number of benzene rings is 1. The molecule has 4 nitrogen and oxygen atoms in total. The van der Waals surface area contributed by atoms with Crippen molar-refractivity contribution in [3.8, 4) is 0 Å². The number of rotatable bonds is 4. The molecular formula is C11H12NO3. The molecule has 0 aromatic heterocycles. The van der Waals surface area contributed by atoms with Crippen molar-refractivity contribution in [2.75, 3.05) is 6.61 Å².